The van der Waals surface area contributed by atoms with Gasteiger partial charge in [-0.3, -0.25) is 9.79 Å². The van der Waals surface area contributed by atoms with Gasteiger partial charge in [-0.1, -0.05) is 27.7 Å². The second-order valence-electron chi connectivity index (χ2n) is 3.00. The minimum atomic E-state index is -0.101. The van der Waals surface area contributed by atoms with Crippen molar-refractivity contribution in [2.75, 3.05) is 12.3 Å². The molecule has 0 saturated carbocycles. The third-order valence-electron chi connectivity index (χ3n) is 1.91. The lowest BCUT2D eigenvalue weighted by Crippen LogP contribution is -2.27. The van der Waals surface area contributed by atoms with Crippen molar-refractivity contribution in [3.63, 3.8) is 0 Å². The van der Waals surface area contributed by atoms with Gasteiger partial charge in [0, 0.05) is 15.8 Å². The highest BCUT2D eigenvalue weighted by Crippen LogP contribution is 2.12. The van der Waals surface area contributed by atoms with Crippen LogP contribution in [0.25, 0.3) is 0 Å². The van der Waals surface area contributed by atoms with Crippen LogP contribution in [-0.2, 0) is 0 Å². The molecule has 15 heavy (non-hydrogen) atoms. The summed E-state index contributed by atoms with van der Waals surface area (Å²) in [7, 11) is 0. The number of carbonyl (C=O) groups is 1. The standard InChI is InChI=1S/C10H9BrN2OS/c11-8-3-1-7(2-4-8)9(14)13-10-12-5-6-15-10/h1-4H,5-6H2,(H,12,13,14). The number of thioether (sulfide) groups is 1. The molecule has 0 aliphatic carbocycles. The predicted molar refractivity (Wildman–Crippen MR) is 66.4 cm³/mol. The molecule has 0 unspecified atom stereocenters. The summed E-state index contributed by atoms with van der Waals surface area (Å²) in [6.45, 7) is 0.792. The van der Waals surface area contributed by atoms with Gasteiger partial charge in [-0.2, -0.15) is 0 Å². The zero-order valence-electron chi connectivity index (χ0n) is 7.87. The highest BCUT2D eigenvalue weighted by Gasteiger charge is 2.11. The van der Waals surface area contributed by atoms with E-state index < -0.39 is 0 Å². The van der Waals surface area contributed by atoms with Crippen molar-refractivity contribution in [1.82, 2.24) is 5.32 Å². The molecule has 0 spiro atoms. The number of hydrogen-bond donors (Lipinski definition) is 1. The van der Waals surface area contributed by atoms with Gasteiger partial charge in [-0.05, 0) is 24.3 Å². The molecule has 0 radical (unpaired) electrons. The van der Waals surface area contributed by atoms with E-state index in [9.17, 15) is 4.79 Å². The van der Waals surface area contributed by atoms with Crippen LogP contribution in [0.15, 0.2) is 33.7 Å². The molecule has 1 amide bonds. The highest BCUT2D eigenvalue weighted by atomic mass is 79.9. The van der Waals surface area contributed by atoms with E-state index in [0.29, 0.717) is 5.56 Å². The van der Waals surface area contributed by atoms with Crippen LogP contribution in [0.4, 0.5) is 0 Å². The first-order chi connectivity index (χ1) is 7.25. The number of halogens is 1. The molecule has 0 atom stereocenters. The summed E-state index contributed by atoms with van der Waals surface area (Å²) in [6.07, 6.45) is 0. The minimum Gasteiger partial charge on any atom is -0.301 e. The lowest BCUT2D eigenvalue weighted by molar-refractivity contribution is 0.0978. The Labute approximate surface area is 100 Å². The number of nitrogens with one attached hydrogen (secondary N) is 1. The molecule has 2 rings (SSSR count). The van der Waals surface area contributed by atoms with E-state index in [1.54, 1.807) is 23.9 Å². The largest absolute Gasteiger partial charge is 0.301 e. The quantitative estimate of drug-likeness (QED) is 0.860. The van der Waals surface area contributed by atoms with Crippen LogP contribution in [0.3, 0.4) is 0 Å². The molecule has 0 bridgehead atoms. The third kappa shape index (κ3) is 2.82. The van der Waals surface area contributed by atoms with Crippen molar-refractivity contribution in [2.24, 2.45) is 4.99 Å². The van der Waals surface area contributed by atoms with Crippen molar-refractivity contribution in [2.45, 2.75) is 0 Å². The molecule has 1 N–H and O–H groups in total. The normalized spacial score (nSPS) is 14.9. The van der Waals surface area contributed by atoms with Gasteiger partial charge in [0.2, 0.25) is 0 Å². The van der Waals surface area contributed by atoms with Gasteiger partial charge in [0.1, 0.15) is 0 Å². The number of hydrogen-bond acceptors (Lipinski definition) is 3. The average molecular weight is 285 g/mol. The van der Waals surface area contributed by atoms with Gasteiger partial charge in [-0.25, -0.2) is 0 Å². The maximum Gasteiger partial charge on any atom is 0.257 e. The Kier molecular flexibility index (Phi) is 3.43. The molecular formula is C10H9BrN2OS. The molecule has 1 aromatic carbocycles. The lowest BCUT2D eigenvalue weighted by Gasteiger charge is -2.03. The lowest BCUT2D eigenvalue weighted by atomic mass is 10.2. The Morgan fingerprint density at radius 1 is 1.40 bits per heavy atom. The number of amidine groups is 1. The molecule has 78 valence electrons. The van der Waals surface area contributed by atoms with Crippen molar-refractivity contribution >= 4 is 38.8 Å². The van der Waals surface area contributed by atoms with Crippen LogP contribution in [0, 0.1) is 0 Å². The van der Waals surface area contributed by atoms with Crippen LogP contribution in [-0.4, -0.2) is 23.4 Å². The van der Waals surface area contributed by atoms with Crippen molar-refractivity contribution in [3.8, 4) is 0 Å². The number of amides is 1. The van der Waals surface area contributed by atoms with Crippen LogP contribution >= 0.6 is 27.7 Å². The predicted octanol–water partition coefficient (Wildman–Crippen LogP) is 2.28. The SMILES string of the molecule is O=C(NC1=NCCS1)c1ccc(Br)cc1. The van der Waals surface area contributed by atoms with E-state index in [2.05, 4.69) is 26.2 Å². The van der Waals surface area contributed by atoms with Crippen LogP contribution in [0.5, 0.6) is 0 Å². The van der Waals surface area contributed by atoms with E-state index in [1.165, 1.54) is 0 Å². The number of carbonyl (C=O) groups excluding carboxylic acids is 1. The smallest absolute Gasteiger partial charge is 0.257 e. The van der Waals surface area contributed by atoms with Crippen LogP contribution in [0.2, 0.25) is 0 Å². The maximum absolute atomic E-state index is 11.7. The molecule has 1 heterocycles. The average Bonchev–Trinajstić information content (AvgIpc) is 2.71. The van der Waals surface area contributed by atoms with E-state index in [4.69, 9.17) is 0 Å². The summed E-state index contributed by atoms with van der Waals surface area (Å²) in [4.78, 5) is 15.8. The van der Waals surface area contributed by atoms with Crippen molar-refractivity contribution < 1.29 is 4.79 Å². The topological polar surface area (TPSA) is 41.5 Å². The summed E-state index contributed by atoms with van der Waals surface area (Å²) in [5, 5.41) is 3.50. The molecule has 1 aliphatic rings. The fourth-order valence-corrected chi connectivity index (χ4v) is 2.17. The first-order valence-corrected chi connectivity index (χ1v) is 6.28. The van der Waals surface area contributed by atoms with Gasteiger partial charge < -0.3 is 5.32 Å². The molecule has 0 aromatic heterocycles. The Morgan fingerprint density at radius 3 is 2.73 bits per heavy atom. The molecule has 1 aliphatic heterocycles. The van der Waals surface area contributed by atoms with Crippen molar-refractivity contribution in [1.29, 1.82) is 0 Å². The Bertz CT molecular complexity index is 402. The molecule has 5 heteroatoms. The number of benzene rings is 1. The molecule has 0 saturated heterocycles. The fraction of sp³-hybridized carbons (Fsp3) is 0.200. The van der Waals surface area contributed by atoms with E-state index in [0.717, 1.165) is 21.9 Å². The van der Waals surface area contributed by atoms with Gasteiger partial charge in [0.05, 0.1) is 6.54 Å². The highest BCUT2D eigenvalue weighted by molar-refractivity contribution is 9.10. The fourth-order valence-electron chi connectivity index (χ4n) is 1.18. The van der Waals surface area contributed by atoms with E-state index >= 15 is 0 Å². The minimum absolute atomic E-state index is 0.101. The van der Waals surface area contributed by atoms with Crippen molar-refractivity contribution in [3.05, 3.63) is 34.3 Å². The first-order valence-electron chi connectivity index (χ1n) is 4.50. The zero-order valence-corrected chi connectivity index (χ0v) is 10.3. The second-order valence-corrected chi connectivity index (χ2v) is 5.00. The molecule has 0 fully saturated rings. The number of aliphatic imine (C=N–C) groups is 1. The molecule has 1 aromatic rings. The summed E-state index contributed by atoms with van der Waals surface area (Å²) in [5.74, 6) is 0.853. The van der Waals surface area contributed by atoms with E-state index in [-0.39, 0.29) is 5.91 Å². The summed E-state index contributed by atoms with van der Waals surface area (Å²) in [5.41, 5.74) is 0.647. The number of rotatable bonds is 1. The molecule has 3 nitrogen and oxygen atoms in total. The van der Waals surface area contributed by atoms with Gasteiger partial charge >= 0.3 is 0 Å². The Hall–Kier alpha value is -0.810. The van der Waals surface area contributed by atoms with Gasteiger partial charge in [-0.15, -0.1) is 0 Å². The first kappa shape index (κ1) is 10.7. The maximum atomic E-state index is 11.7. The number of nitrogens with zero attached hydrogens (tertiary/aromatic N) is 1. The van der Waals surface area contributed by atoms with Gasteiger partial charge in [0.25, 0.3) is 5.91 Å². The molecular weight excluding hydrogens is 276 g/mol. The Balaban J connectivity index is 2.04. The zero-order chi connectivity index (χ0) is 10.7. The third-order valence-corrected chi connectivity index (χ3v) is 3.33. The van der Waals surface area contributed by atoms with Crippen LogP contribution < -0.4 is 5.32 Å². The Morgan fingerprint density at radius 2 is 2.13 bits per heavy atom. The van der Waals surface area contributed by atoms with E-state index in [1.807, 2.05) is 12.1 Å². The summed E-state index contributed by atoms with van der Waals surface area (Å²) in [6, 6.07) is 7.25. The summed E-state index contributed by atoms with van der Waals surface area (Å²) >= 11 is 4.90. The summed E-state index contributed by atoms with van der Waals surface area (Å²) < 4.78 is 0.964. The van der Waals surface area contributed by atoms with Gasteiger partial charge in [0.15, 0.2) is 5.17 Å². The van der Waals surface area contributed by atoms with Crippen LogP contribution in [0.1, 0.15) is 10.4 Å². The second kappa shape index (κ2) is 4.81. The monoisotopic (exact) mass is 284 g/mol.